The van der Waals surface area contributed by atoms with Gasteiger partial charge in [-0.25, -0.2) is 4.39 Å². The molecule has 1 saturated heterocycles. The average Bonchev–Trinajstić information content (AvgIpc) is 2.94. The number of pyridine rings is 1. The Kier molecular flexibility index (Phi) is 9.85. The summed E-state index contributed by atoms with van der Waals surface area (Å²) in [5.41, 5.74) is -2.22. The van der Waals surface area contributed by atoms with Gasteiger partial charge in [-0.1, -0.05) is 11.8 Å². The van der Waals surface area contributed by atoms with Crippen molar-refractivity contribution in [1.82, 2.24) is 9.88 Å². The molecule has 4 rings (SSSR count). The first kappa shape index (κ1) is 32.1. The van der Waals surface area contributed by atoms with Crippen molar-refractivity contribution in [3.05, 3.63) is 70.9 Å². The van der Waals surface area contributed by atoms with E-state index in [4.69, 9.17) is 4.74 Å². The third kappa shape index (κ3) is 8.38. The van der Waals surface area contributed by atoms with Gasteiger partial charge in [0.2, 0.25) is 0 Å². The third-order valence-corrected chi connectivity index (χ3v) is 7.65. The third-order valence-electron chi connectivity index (χ3n) is 7.65. The number of rotatable bonds is 8. The van der Waals surface area contributed by atoms with Crippen molar-refractivity contribution in [2.45, 2.75) is 44.2 Å². The maximum Gasteiger partial charge on any atom is 0.416 e. The largest absolute Gasteiger partial charge is 0.497 e. The molecule has 12 heteroatoms. The molecule has 0 radical (unpaired) electrons. The standard InChI is InChI=1S/C31H29F7N2O3/c1-43-24-5-7-28-26(17-24)25(8-10-39-28)27(32)6-4-20-9-12-40(18-21(20)15-29(41)42)11-2-3-19-13-22(30(33,34)35)16-23(14-19)31(36,37)38/h5,7-8,10,13-14,16-17,20-21,27H,4,6,9,11-12,15,18H2,1H3,(H,41,42)/t20-,21+,27?/m1/s1. The highest BCUT2D eigenvalue weighted by Gasteiger charge is 2.37. The highest BCUT2D eigenvalue weighted by atomic mass is 19.4. The minimum atomic E-state index is -4.97. The number of benzene rings is 2. The average molecular weight is 611 g/mol. The van der Waals surface area contributed by atoms with Crippen LogP contribution in [0.25, 0.3) is 10.9 Å². The number of ether oxygens (including phenoxy) is 1. The van der Waals surface area contributed by atoms with E-state index in [1.165, 1.54) is 13.3 Å². The fourth-order valence-corrected chi connectivity index (χ4v) is 5.48. The Morgan fingerprint density at radius 1 is 1.07 bits per heavy atom. The summed E-state index contributed by atoms with van der Waals surface area (Å²) in [5, 5.41) is 10.1. The Hall–Kier alpha value is -3.85. The van der Waals surface area contributed by atoms with Crippen molar-refractivity contribution >= 4 is 16.9 Å². The van der Waals surface area contributed by atoms with Crippen LogP contribution < -0.4 is 4.74 Å². The van der Waals surface area contributed by atoms with Gasteiger partial charge in [-0.15, -0.1) is 0 Å². The number of carbonyl (C=O) groups is 1. The smallest absolute Gasteiger partial charge is 0.416 e. The van der Waals surface area contributed by atoms with Gasteiger partial charge in [0.15, 0.2) is 0 Å². The molecule has 0 bridgehead atoms. The first-order chi connectivity index (χ1) is 20.2. The van der Waals surface area contributed by atoms with Crippen molar-refractivity contribution in [2.24, 2.45) is 11.8 Å². The van der Waals surface area contributed by atoms with Crippen LogP contribution in [0.4, 0.5) is 30.7 Å². The number of carboxylic acid groups (broad SMARTS) is 1. The van der Waals surface area contributed by atoms with Crippen LogP contribution in [0.1, 0.15) is 54.1 Å². The van der Waals surface area contributed by atoms with Crippen LogP contribution in [-0.2, 0) is 17.1 Å². The summed E-state index contributed by atoms with van der Waals surface area (Å²) in [7, 11) is 1.51. The van der Waals surface area contributed by atoms with Crippen LogP contribution in [-0.4, -0.2) is 47.7 Å². The second-order valence-electron chi connectivity index (χ2n) is 10.6. The second kappa shape index (κ2) is 13.2. The molecule has 1 unspecified atom stereocenters. The first-order valence-corrected chi connectivity index (χ1v) is 13.5. The number of aliphatic carboxylic acids is 1. The molecule has 0 spiro atoms. The minimum absolute atomic E-state index is 0.0248. The predicted octanol–water partition coefficient (Wildman–Crippen LogP) is 7.54. The number of hydrogen-bond donors (Lipinski definition) is 1. The topological polar surface area (TPSA) is 62.7 Å². The Morgan fingerprint density at radius 3 is 2.40 bits per heavy atom. The van der Waals surface area contributed by atoms with E-state index in [0.29, 0.717) is 60.3 Å². The van der Waals surface area contributed by atoms with Crippen molar-refractivity contribution in [2.75, 3.05) is 26.7 Å². The maximum absolute atomic E-state index is 15.5. The molecule has 0 amide bonds. The zero-order chi connectivity index (χ0) is 31.4. The monoisotopic (exact) mass is 610 g/mol. The number of aromatic nitrogens is 1. The molecule has 230 valence electrons. The van der Waals surface area contributed by atoms with Gasteiger partial charge in [0.25, 0.3) is 0 Å². The number of fused-ring (bicyclic) bond motifs is 1. The predicted molar refractivity (Wildman–Crippen MR) is 145 cm³/mol. The van der Waals surface area contributed by atoms with E-state index in [1.54, 1.807) is 24.3 Å². The van der Waals surface area contributed by atoms with Gasteiger partial charge in [-0.2, -0.15) is 26.3 Å². The Bertz CT molecular complexity index is 1480. The summed E-state index contributed by atoms with van der Waals surface area (Å²) in [6.07, 6.45) is -8.76. The fraction of sp³-hybridized carbons (Fsp3) is 0.419. The van der Waals surface area contributed by atoms with Crippen molar-refractivity contribution in [1.29, 1.82) is 0 Å². The number of alkyl halides is 7. The molecule has 1 aliphatic heterocycles. The van der Waals surface area contributed by atoms with E-state index < -0.39 is 41.2 Å². The lowest BCUT2D eigenvalue weighted by Crippen LogP contribution is -2.41. The van der Waals surface area contributed by atoms with Gasteiger partial charge >= 0.3 is 18.3 Å². The molecule has 1 aliphatic rings. The fourth-order valence-electron chi connectivity index (χ4n) is 5.48. The zero-order valence-electron chi connectivity index (χ0n) is 23.1. The van der Waals surface area contributed by atoms with Crippen LogP contribution in [0.5, 0.6) is 5.75 Å². The minimum Gasteiger partial charge on any atom is -0.497 e. The number of carboxylic acids is 1. The van der Waals surface area contributed by atoms with Gasteiger partial charge < -0.3 is 9.84 Å². The summed E-state index contributed by atoms with van der Waals surface area (Å²) in [5.74, 6) is 4.15. The van der Waals surface area contributed by atoms with E-state index in [1.807, 2.05) is 4.90 Å². The molecule has 5 nitrogen and oxygen atoms in total. The SMILES string of the molecule is COc1ccc2nccc(C(F)CC[C@@H]3CCN(CC#Cc4cc(C(F)(F)F)cc(C(F)(F)F)c4)C[C@@H]3CC(=O)O)c2c1. The maximum atomic E-state index is 15.5. The van der Waals surface area contributed by atoms with Crippen molar-refractivity contribution < 1.29 is 45.4 Å². The first-order valence-electron chi connectivity index (χ1n) is 13.5. The molecular formula is C31H29F7N2O3. The van der Waals surface area contributed by atoms with Gasteiger partial charge in [-0.3, -0.25) is 14.7 Å². The highest BCUT2D eigenvalue weighted by molar-refractivity contribution is 5.83. The van der Waals surface area contributed by atoms with Crippen molar-refractivity contribution in [3.8, 4) is 17.6 Å². The zero-order valence-corrected chi connectivity index (χ0v) is 23.1. The number of likely N-dealkylation sites (tertiary alicyclic amines) is 1. The summed E-state index contributed by atoms with van der Waals surface area (Å²) in [6, 6.07) is 8.00. The lowest BCUT2D eigenvalue weighted by Gasteiger charge is -2.37. The number of piperidine rings is 1. The van der Waals surface area contributed by atoms with Crippen LogP contribution >= 0.6 is 0 Å². The molecule has 3 atom stereocenters. The molecular weight excluding hydrogens is 581 g/mol. The summed E-state index contributed by atoms with van der Waals surface area (Å²) < 4.78 is 99.6. The summed E-state index contributed by atoms with van der Waals surface area (Å²) in [6.45, 7) is 0.795. The van der Waals surface area contributed by atoms with Gasteiger partial charge in [0.05, 0.1) is 30.3 Å². The van der Waals surface area contributed by atoms with Crippen LogP contribution in [0, 0.1) is 23.7 Å². The van der Waals surface area contributed by atoms with E-state index in [9.17, 15) is 36.2 Å². The van der Waals surface area contributed by atoms with Crippen LogP contribution in [0.2, 0.25) is 0 Å². The Morgan fingerprint density at radius 2 is 1.77 bits per heavy atom. The highest BCUT2D eigenvalue weighted by Crippen LogP contribution is 2.37. The van der Waals surface area contributed by atoms with E-state index in [0.717, 1.165) is 0 Å². The Balaban J connectivity index is 1.43. The van der Waals surface area contributed by atoms with E-state index >= 15 is 4.39 Å². The number of halogens is 7. The lowest BCUT2D eigenvalue weighted by atomic mass is 9.79. The second-order valence-corrected chi connectivity index (χ2v) is 10.6. The van der Waals surface area contributed by atoms with Crippen LogP contribution in [0.3, 0.4) is 0 Å². The van der Waals surface area contributed by atoms with E-state index in [2.05, 4.69) is 16.8 Å². The van der Waals surface area contributed by atoms with Crippen molar-refractivity contribution in [3.63, 3.8) is 0 Å². The summed E-state index contributed by atoms with van der Waals surface area (Å²) >= 11 is 0. The van der Waals surface area contributed by atoms with Gasteiger partial charge in [0, 0.05) is 30.1 Å². The molecule has 1 aromatic heterocycles. The number of nitrogens with zero attached hydrogens (tertiary/aromatic N) is 2. The molecule has 1 N–H and O–H groups in total. The molecule has 43 heavy (non-hydrogen) atoms. The van der Waals surface area contributed by atoms with Gasteiger partial charge in [-0.05, 0) is 85.7 Å². The number of hydrogen-bond acceptors (Lipinski definition) is 4. The quantitative estimate of drug-likeness (QED) is 0.211. The Labute approximate surface area is 243 Å². The van der Waals surface area contributed by atoms with E-state index in [-0.39, 0.29) is 37.3 Å². The normalized spacial score (nSPS) is 18.6. The lowest BCUT2D eigenvalue weighted by molar-refractivity contribution is -0.143. The molecule has 0 saturated carbocycles. The molecule has 2 heterocycles. The molecule has 3 aromatic rings. The number of methoxy groups -OCH3 is 1. The molecule has 2 aromatic carbocycles. The summed E-state index contributed by atoms with van der Waals surface area (Å²) in [4.78, 5) is 17.7. The van der Waals surface area contributed by atoms with Gasteiger partial charge in [0.1, 0.15) is 11.9 Å². The molecule has 1 fully saturated rings. The van der Waals surface area contributed by atoms with Crippen LogP contribution in [0.15, 0.2) is 48.7 Å². The molecule has 0 aliphatic carbocycles.